The van der Waals surface area contributed by atoms with Gasteiger partial charge >= 0.3 is 6.03 Å². The van der Waals surface area contributed by atoms with Gasteiger partial charge in [-0.1, -0.05) is 18.2 Å². The summed E-state index contributed by atoms with van der Waals surface area (Å²) in [5, 5.41) is 6.53. The van der Waals surface area contributed by atoms with Crippen LogP contribution in [0.4, 0.5) is 4.79 Å². The molecule has 2 aliphatic rings. The fourth-order valence-corrected chi connectivity index (χ4v) is 4.48. The highest BCUT2D eigenvalue weighted by Crippen LogP contribution is 2.31. The molecule has 0 bridgehead atoms. The molecule has 0 saturated carbocycles. The molecule has 2 aliphatic heterocycles. The number of carbonyl (C=O) groups excluding carboxylic acids is 1. The highest BCUT2D eigenvalue weighted by molar-refractivity contribution is 7.17. The zero-order valence-electron chi connectivity index (χ0n) is 13.6. The molecule has 0 atom stereocenters. The van der Waals surface area contributed by atoms with Crippen molar-refractivity contribution in [3.63, 3.8) is 0 Å². The van der Waals surface area contributed by atoms with Gasteiger partial charge in [0.15, 0.2) is 5.79 Å². The van der Waals surface area contributed by atoms with Crippen LogP contribution in [0.1, 0.15) is 18.4 Å². The summed E-state index contributed by atoms with van der Waals surface area (Å²) in [4.78, 5) is 14.2. The molecule has 2 amide bonds. The first kappa shape index (κ1) is 15.9. The van der Waals surface area contributed by atoms with Crippen molar-refractivity contribution in [2.45, 2.75) is 25.0 Å². The fourth-order valence-electron chi connectivity index (χ4n) is 3.48. The second kappa shape index (κ2) is 6.70. The molecule has 5 nitrogen and oxygen atoms in total. The Labute approximate surface area is 145 Å². The van der Waals surface area contributed by atoms with E-state index in [0.717, 1.165) is 19.3 Å². The van der Waals surface area contributed by atoms with Gasteiger partial charge in [0.2, 0.25) is 0 Å². The van der Waals surface area contributed by atoms with Gasteiger partial charge in [0.1, 0.15) is 0 Å². The Hall–Kier alpha value is -1.63. The van der Waals surface area contributed by atoms with Gasteiger partial charge < -0.3 is 19.7 Å². The van der Waals surface area contributed by atoms with Crippen molar-refractivity contribution in [3.05, 3.63) is 35.2 Å². The summed E-state index contributed by atoms with van der Waals surface area (Å²) in [5.41, 5.74) is 1.31. The number of carbonyl (C=O) groups is 1. The fraction of sp³-hybridized carbons (Fsp3) is 0.500. The minimum Gasteiger partial charge on any atom is -0.347 e. The number of hydrogen-bond donors (Lipinski definition) is 1. The second-order valence-corrected chi connectivity index (χ2v) is 7.24. The van der Waals surface area contributed by atoms with Crippen molar-refractivity contribution in [2.24, 2.45) is 0 Å². The number of nitrogens with one attached hydrogen (secondary N) is 1. The number of benzene rings is 1. The summed E-state index contributed by atoms with van der Waals surface area (Å²) in [6.45, 7) is 3.37. The van der Waals surface area contributed by atoms with Gasteiger partial charge in [-0.2, -0.15) is 0 Å². The maximum Gasteiger partial charge on any atom is 0.317 e. The molecule has 0 radical (unpaired) electrons. The number of piperidine rings is 1. The van der Waals surface area contributed by atoms with Gasteiger partial charge in [0.05, 0.1) is 13.2 Å². The maximum atomic E-state index is 12.3. The summed E-state index contributed by atoms with van der Waals surface area (Å²) in [5.74, 6) is -0.424. The molecule has 1 aromatic heterocycles. The van der Waals surface area contributed by atoms with E-state index in [1.54, 1.807) is 11.3 Å². The third kappa shape index (κ3) is 3.14. The molecule has 2 aromatic rings. The van der Waals surface area contributed by atoms with Gasteiger partial charge in [0, 0.05) is 37.2 Å². The van der Waals surface area contributed by atoms with E-state index in [9.17, 15) is 4.79 Å². The van der Waals surface area contributed by atoms with Gasteiger partial charge in [-0.05, 0) is 28.8 Å². The van der Waals surface area contributed by atoms with E-state index in [1.165, 1.54) is 15.6 Å². The van der Waals surface area contributed by atoms with Crippen molar-refractivity contribution in [1.29, 1.82) is 0 Å². The van der Waals surface area contributed by atoms with E-state index in [-0.39, 0.29) is 6.03 Å². The Bertz CT molecular complexity index is 714. The number of rotatable bonds is 3. The Morgan fingerprint density at radius 3 is 2.75 bits per heavy atom. The number of fused-ring (bicyclic) bond motifs is 1. The van der Waals surface area contributed by atoms with Crippen LogP contribution in [-0.4, -0.2) is 49.6 Å². The Morgan fingerprint density at radius 2 is 1.96 bits per heavy atom. The van der Waals surface area contributed by atoms with Crippen LogP contribution >= 0.6 is 11.3 Å². The molecule has 0 unspecified atom stereocenters. The van der Waals surface area contributed by atoms with E-state index in [1.807, 2.05) is 4.90 Å². The molecule has 6 heteroatoms. The van der Waals surface area contributed by atoms with Gasteiger partial charge in [-0.25, -0.2) is 4.79 Å². The van der Waals surface area contributed by atoms with Crippen LogP contribution in [0.2, 0.25) is 0 Å². The number of hydrogen-bond acceptors (Lipinski definition) is 4. The molecule has 3 heterocycles. The van der Waals surface area contributed by atoms with E-state index in [4.69, 9.17) is 9.47 Å². The topological polar surface area (TPSA) is 50.8 Å². The lowest BCUT2D eigenvalue weighted by Crippen LogP contribution is -2.50. The molecule has 1 aromatic carbocycles. The molecule has 1 N–H and O–H groups in total. The first-order chi connectivity index (χ1) is 11.8. The number of likely N-dealkylation sites (tertiary alicyclic amines) is 1. The third-order valence-corrected chi connectivity index (χ3v) is 5.87. The second-order valence-electron chi connectivity index (χ2n) is 6.33. The first-order valence-corrected chi connectivity index (χ1v) is 9.40. The summed E-state index contributed by atoms with van der Waals surface area (Å²) in [6, 6.07) is 8.43. The molecule has 24 heavy (non-hydrogen) atoms. The Balaban J connectivity index is 1.26. The number of ether oxygens (including phenoxy) is 2. The first-order valence-electron chi connectivity index (χ1n) is 8.52. The summed E-state index contributed by atoms with van der Waals surface area (Å²) in [7, 11) is 0. The number of amides is 2. The minimum absolute atomic E-state index is 0.0161. The van der Waals surface area contributed by atoms with E-state index in [0.29, 0.717) is 32.8 Å². The van der Waals surface area contributed by atoms with Crippen molar-refractivity contribution < 1.29 is 14.3 Å². The normalized spacial score (nSPS) is 19.9. The lowest BCUT2D eigenvalue weighted by atomic mass is 10.0. The number of urea groups is 1. The Kier molecular flexibility index (Phi) is 4.43. The zero-order valence-corrected chi connectivity index (χ0v) is 14.4. The molecule has 0 aliphatic carbocycles. The van der Waals surface area contributed by atoms with Crippen LogP contribution in [0.5, 0.6) is 0 Å². The largest absolute Gasteiger partial charge is 0.347 e. The monoisotopic (exact) mass is 346 g/mol. The van der Waals surface area contributed by atoms with Crippen molar-refractivity contribution in [1.82, 2.24) is 10.2 Å². The smallest absolute Gasteiger partial charge is 0.317 e. The average Bonchev–Trinajstić information content (AvgIpc) is 3.23. The predicted molar refractivity (Wildman–Crippen MR) is 94.4 cm³/mol. The van der Waals surface area contributed by atoms with Crippen LogP contribution < -0.4 is 5.32 Å². The molecule has 4 rings (SSSR count). The van der Waals surface area contributed by atoms with Crippen LogP contribution in [0.25, 0.3) is 10.1 Å². The molecule has 2 fully saturated rings. The van der Waals surface area contributed by atoms with Gasteiger partial charge in [0.25, 0.3) is 0 Å². The van der Waals surface area contributed by atoms with Crippen molar-refractivity contribution in [2.75, 3.05) is 32.8 Å². The Morgan fingerprint density at radius 1 is 1.21 bits per heavy atom. The SMILES string of the molecule is O=C(NCCc1csc2ccccc12)N1CCC2(CC1)OCCO2. The summed E-state index contributed by atoms with van der Waals surface area (Å²) in [6.07, 6.45) is 2.38. The minimum atomic E-state index is -0.424. The average molecular weight is 346 g/mol. The molecular formula is C18H22N2O3S. The van der Waals surface area contributed by atoms with E-state index < -0.39 is 5.79 Å². The van der Waals surface area contributed by atoms with Crippen LogP contribution in [0, 0.1) is 0 Å². The maximum absolute atomic E-state index is 12.3. The summed E-state index contributed by atoms with van der Waals surface area (Å²) < 4.78 is 12.7. The standard InChI is InChI=1S/C18H22N2O3S/c21-17(20-9-6-18(7-10-20)22-11-12-23-18)19-8-5-14-13-24-16-4-2-1-3-15(14)16/h1-4,13H,5-12H2,(H,19,21). The van der Waals surface area contributed by atoms with Crippen molar-refractivity contribution in [3.8, 4) is 0 Å². The molecule has 1 spiro atoms. The van der Waals surface area contributed by atoms with Gasteiger partial charge in [-0.15, -0.1) is 11.3 Å². The third-order valence-electron chi connectivity index (χ3n) is 4.86. The van der Waals surface area contributed by atoms with Crippen molar-refractivity contribution >= 4 is 27.5 Å². The zero-order chi connectivity index (χ0) is 16.4. The highest BCUT2D eigenvalue weighted by Gasteiger charge is 2.40. The number of nitrogens with zero attached hydrogens (tertiary/aromatic N) is 1. The van der Waals surface area contributed by atoms with Crippen LogP contribution in [0.15, 0.2) is 29.6 Å². The number of thiophene rings is 1. The lowest BCUT2D eigenvalue weighted by molar-refractivity contribution is -0.181. The van der Waals surface area contributed by atoms with E-state index in [2.05, 4.69) is 35.0 Å². The molecule has 2 saturated heterocycles. The lowest BCUT2D eigenvalue weighted by Gasteiger charge is -2.37. The van der Waals surface area contributed by atoms with Crippen LogP contribution in [0.3, 0.4) is 0 Å². The molecule has 128 valence electrons. The van der Waals surface area contributed by atoms with Crippen LogP contribution in [-0.2, 0) is 15.9 Å². The predicted octanol–water partition coefficient (Wildman–Crippen LogP) is 2.99. The summed E-state index contributed by atoms with van der Waals surface area (Å²) >= 11 is 1.76. The highest BCUT2D eigenvalue weighted by atomic mass is 32.1. The van der Waals surface area contributed by atoms with E-state index >= 15 is 0 Å². The van der Waals surface area contributed by atoms with Gasteiger partial charge in [-0.3, -0.25) is 0 Å². The molecular weight excluding hydrogens is 324 g/mol. The quantitative estimate of drug-likeness (QED) is 0.929.